The summed E-state index contributed by atoms with van der Waals surface area (Å²) in [4.78, 5) is 9.82. The Morgan fingerprint density at radius 3 is 2.67 bits per heavy atom. The van der Waals surface area contributed by atoms with Gasteiger partial charge in [0.1, 0.15) is 0 Å². The summed E-state index contributed by atoms with van der Waals surface area (Å²) in [6.07, 6.45) is 5.50. The van der Waals surface area contributed by atoms with E-state index in [1.165, 1.54) is 18.1 Å². The van der Waals surface area contributed by atoms with Crippen molar-refractivity contribution >= 4 is 12.0 Å². The lowest BCUT2D eigenvalue weighted by Crippen LogP contribution is -1.95. The number of benzene rings is 1. The second-order valence-corrected chi connectivity index (χ2v) is 3.23. The van der Waals surface area contributed by atoms with Crippen LogP contribution in [0.4, 0.5) is 0 Å². The molecule has 15 heavy (non-hydrogen) atoms. The van der Waals surface area contributed by atoms with Crippen LogP contribution in [-0.2, 0) is 16.0 Å². The maximum Gasteiger partial charge on any atom is 0.302 e. The van der Waals surface area contributed by atoms with Crippen LogP contribution >= 0.6 is 0 Å². The highest BCUT2D eigenvalue weighted by atomic mass is 16.5. The molecule has 2 rings (SSSR count). The van der Waals surface area contributed by atoms with Crippen LogP contribution in [0.2, 0.25) is 0 Å². The van der Waals surface area contributed by atoms with E-state index in [0.717, 1.165) is 6.42 Å². The van der Waals surface area contributed by atoms with Crippen LogP contribution in [0.3, 0.4) is 0 Å². The molecule has 0 unspecified atom stereocenters. The standard InChI is InChI=1S/C9H8.C4H8O2/c1-2-5-9-7-3-6-8(9)4-1;1-3-6-4(2)5/h1-6H,7H2;3H2,1-2H3. The zero-order valence-corrected chi connectivity index (χ0v) is 9.19. The van der Waals surface area contributed by atoms with Gasteiger partial charge < -0.3 is 4.74 Å². The summed E-state index contributed by atoms with van der Waals surface area (Å²) in [5.74, 6) is -0.211. The third-order valence-corrected chi connectivity index (χ3v) is 2.04. The van der Waals surface area contributed by atoms with Crippen LogP contribution in [0.1, 0.15) is 25.0 Å². The molecule has 1 aliphatic carbocycles. The topological polar surface area (TPSA) is 26.3 Å². The molecule has 1 aromatic carbocycles. The van der Waals surface area contributed by atoms with E-state index in [4.69, 9.17) is 0 Å². The number of hydrogen-bond donors (Lipinski definition) is 0. The van der Waals surface area contributed by atoms with E-state index in [2.05, 4.69) is 41.2 Å². The van der Waals surface area contributed by atoms with Gasteiger partial charge in [0.05, 0.1) is 6.61 Å². The lowest BCUT2D eigenvalue weighted by atomic mass is 10.1. The Bertz CT molecular complexity index is 353. The first-order valence-corrected chi connectivity index (χ1v) is 5.12. The van der Waals surface area contributed by atoms with Crippen molar-refractivity contribution in [2.24, 2.45) is 0 Å². The highest BCUT2D eigenvalue weighted by molar-refractivity contribution is 5.65. The van der Waals surface area contributed by atoms with E-state index in [1.807, 2.05) is 0 Å². The predicted octanol–water partition coefficient (Wildman–Crippen LogP) is 2.83. The fourth-order valence-electron chi connectivity index (χ4n) is 1.40. The van der Waals surface area contributed by atoms with Gasteiger partial charge in [0, 0.05) is 6.92 Å². The number of rotatable bonds is 1. The van der Waals surface area contributed by atoms with Crippen molar-refractivity contribution < 1.29 is 9.53 Å². The van der Waals surface area contributed by atoms with E-state index in [0.29, 0.717) is 6.61 Å². The van der Waals surface area contributed by atoms with Crippen LogP contribution in [0.25, 0.3) is 6.08 Å². The molecule has 0 N–H and O–H groups in total. The molecular weight excluding hydrogens is 188 g/mol. The SMILES string of the molecule is C1=Cc2ccccc2C1.CCOC(C)=O. The van der Waals surface area contributed by atoms with Gasteiger partial charge in [-0.25, -0.2) is 0 Å². The molecule has 0 saturated heterocycles. The first-order valence-electron chi connectivity index (χ1n) is 5.12. The van der Waals surface area contributed by atoms with Gasteiger partial charge in [-0.1, -0.05) is 36.4 Å². The number of carbonyl (C=O) groups is 1. The molecule has 0 aromatic heterocycles. The van der Waals surface area contributed by atoms with Gasteiger partial charge in [0.25, 0.3) is 0 Å². The summed E-state index contributed by atoms with van der Waals surface area (Å²) >= 11 is 0. The smallest absolute Gasteiger partial charge is 0.302 e. The fourth-order valence-corrected chi connectivity index (χ4v) is 1.40. The molecule has 0 saturated carbocycles. The number of ether oxygens (including phenoxy) is 1. The Kier molecular flexibility index (Phi) is 4.61. The third-order valence-electron chi connectivity index (χ3n) is 2.04. The Hall–Kier alpha value is -1.57. The van der Waals surface area contributed by atoms with E-state index < -0.39 is 0 Å². The quantitative estimate of drug-likeness (QED) is 0.657. The summed E-state index contributed by atoms with van der Waals surface area (Å²) in [5, 5.41) is 0. The lowest BCUT2D eigenvalue weighted by molar-refractivity contribution is -0.140. The molecule has 1 aliphatic rings. The molecule has 0 aliphatic heterocycles. The highest BCUT2D eigenvalue weighted by Gasteiger charge is 2.00. The Morgan fingerprint density at radius 2 is 2.13 bits per heavy atom. The molecule has 0 bridgehead atoms. The minimum absolute atomic E-state index is 0.211. The van der Waals surface area contributed by atoms with Gasteiger partial charge in [-0.05, 0) is 24.5 Å². The number of carbonyl (C=O) groups excluding carboxylic acids is 1. The second-order valence-electron chi connectivity index (χ2n) is 3.23. The zero-order valence-electron chi connectivity index (χ0n) is 9.19. The van der Waals surface area contributed by atoms with Crippen molar-refractivity contribution in [2.45, 2.75) is 20.3 Å². The molecule has 0 amide bonds. The molecule has 0 radical (unpaired) electrons. The number of hydrogen-bond acceptors (Lipinski definition) is 2. The predicted molar refractivity (Wildman–Crippen MR) is 61.5 cm³/mol. The van der Waals surface area contributed by atoms with Crippen LogP contribution in [0.5, 0.6) is 0 Å². The molecular formula is C13H16O2. The first kappa shape index (κ1) is 11.5. The maximum absolute atomic E-state index is 9.82. The van der Waals surface area contributed by atoms with Gasteiger partial charge >= 0.3 is 5.97 Å². The van der Waals surface area contributed by atoms with Crippen LogP contribution in [0.15, 0.2) is 30.3 Å². The summed E-state index contributed by atoms with van der Waals surface area (Å²) in [6, 6.07) is 8.49. The lowest BCUT2D eigenvalue weighted by Gasteiger charge is -1.93. The van der Waals surface area contributed by atoms with Gasteiger partial charge in [0.2, 0.25) is 0 Å². The van der Waals surface area contributed by atoms with E-state index in [-0.39, 0.29) is 5.97 Å². The van der Waals surface area contributed by atoms with Crippen LogP contribution in [0, 0.1) is 0 Å². The molecule has 0 atom stereocenters. The fraction of sp³-hybridized carbons (Fsp3) is 0.308. The zero-order chi connectivity index (χ0) is 11.1. The Morgan fingerprint density at radius 1 is 1.40 bits per heavy atom. The minimum Gasteiger partial charge on any atom is -0.466 e. The van der Waals surface area contributed by atoms with Crippen molar-refractivity contribution in [2.75, 3.05) is 6.61 Å². The molecule has 2 nitrogen and oxygen atoms in total. The van der Waals surface area contributed by atoms with Crippen molar-refractivity contribution in [1.82, 2.24) is 0 Å². The third kappa shape index (κ3) is 3.98. The Balaban J connectivity index is 0.000000167. The molecule has 80 valence electrons. The van der Waals surface area contributed by atoms with E-state index in [1.54, 1.807) is 6.92 Å². The average molecular weight is 204 g/mol. The Labute approximate surface area is 90.6 Å². The molecule has 2 heteroatoms. The number of fused-ring (bicyclic) bond motifs is 1. The number of esters is 1. The summed E-state index contributed by atoms with van der Waals surface area (Å²) in [6.45, 7) is 3.65. The van der Waals surface area contributed by atoms with Crippen molar-refractivity contribution in [3.63, 3.8) is 0 Å². The largest absolute Gasteiger partial charge is 0.466 e. The van der Waals surface area contributed by atoms with Gasteiger partial charge in [-0.3, -0.25) is 4.79 Å². The van der Waals surface area contributed by atoms with Crippen molar-refractivity contribution in [1.29, 1.82) is 0 Å². The van der Waals surface area contributed by atoms with Crippen molar-refractivity contribution in [3.05, 3.63) is 41.5 Å². The monoisotopic (exact) mass is 204 g/mol. The van der Waals surface area contributed by atoms with E-state index >= 15 is 0 Å². The number of allylic oxidation sites excluding steroid dienone is 1. The molecule has 0 fully saturated rings. The molecule has 0 spiro atoms. The van der Waals surface area contributed by atoms with E-state index in [9.17, 15) is 4.79 Å². The minimum atomic E-state index is -0.211. The van der Waals surface area contributed by atoms with Gasteiger partial charge in [0.15, 0.2) is 0 Å². The van der Waals surface area contributed by atoms with Gasteiger partial charge in [-0.2, -0.15) is 0 Å². The van der Waals surface area contributed by atoms with Crippen molar-refractivity contribution in [3.8, 4) is 0 Å². The summed E-state index contributed by atoms with van der Waals surface area (Å²) in [7, 11) is 0. The molecule has 0 heterocycles. The highest BCUT2D eigenvalue weighted by Crippen LogP contribution is 2.17. The van der Waals surface area contributed by atoms with Crippen LogP contribution in [-0.4, -0.2) is 12.6 Å². The summed E-state index contributed by atoms with van der Waals surface area (Å²) in [5.41, 5.74) is 2.84. The van der Waals surface area contributed by atoms with Crippen LogP contribution < -0.4 is 0 Å². The maximum atomic E-state index is 9.82. The molecule has 1 aromatic rings. The normalized spacial score (nSPS) is 11.3. The average Bonchev–Trinajstić information content (AvgIpc) is 2.65. The second kappa shape index (κ2) is 6.02. The first-order chi connectivity index (χ1) is 7.24. The van der Waals surface area contributed by atoms with Gasteiger partial charge in [-0.15, -0.1) is 0 Å². The summed E-state index contributed by atoms with van der Waals surface area (Å²) < 4.78 is 4.40.